The Morgan fingerprint density at radius 3 is 2.94 bits per heavy atom. The van der Waals surface area contributed by atoms with Crippen LogP contribution < -0.4 is 11.1 Å². The second-order valence-electron chi connectivity index (χ2n) is 4.24. The van der Waals surface area contributed by atoms with Gasteiger partial charge in [0, 0.05) is 13.1 Å². The topological polar surface area (TPSA) is 80.5 Å². The highest BCUT2D eigenvalue weighted by Crippen LogP contribution is 2.27. The monoisotopic (exact) mass is 270 g/mol. The minimum Gasteiger partial charge on any atom is -0.465 e. The Labute approximate surface area is 110 Å². The van der Waals surface area contributed by atoms with Crippen LogP contribution in [0.5, 0.6) is 0 Å². The molecule has 1 aliphatic heterocycles. The molecule has 0 aliphatic carbocycles. The fraction of sp³-hybridized carbons (Fsp3) is 0.636. The van der Waals surface area contributed by atoms with Gasteiger partial charge in [-0.15, -0.1) is 0 Å². The molecule has 3 N–H and O–H groups in total. The minimum atomic E-state index is -0.440. The Kier molecular flexibility index (Phi) is 4.38. The first-order valence-electron chi connectivity index (χ1n) is 6.02. The lowest BCUT2D eigenvalue weighted by Gasteiger charge is -2.14. The molecular weight excluding hydrogens is 252 g/mol. The molecule has 0 unspecified atom stereocenters. The summed E-state index contributed by atoms with van der Waals surface area (Å²) >= 11 is 1.20. The number of ether oxygens (including phenoxy) is 1. The lowest BCUT2D eigenvalue weighted by molar-refractivity contribution is 0.0603. The number of likely N-dealkylation sites (tertiary alicyclic amines) is 1. The van der Waals surface area contributed by atoms with E-state index in [0.29, 0.717) is 10.6 Å². The van der Waals surface area contributed by atoms with E-state index in [9.17, 15) is 4.79 Å². The highest BCUT2D eigenvalue weighted by atomic mass is 32.1. The molecule has 0 amide bonds. The molecule has 1 fully saturated rings. The van der Waals surface area contributed by atoms with Crippen LogP contribution in [0.1, 0.15) is 23.2 Å². The molecule has 0 aromatic carbocycles. The first kappa shape index (κ1) is 13.1. The third-order valence-corrected chi connectivity index (χ3v) is 3.84. The van der Waals surface area contributed by atoms with Crippen LogP contribution >= 0.6 is 11.5 Å². The lowest BCUT2D eigenvalue weighted by atomic mass is 10.3. The summed E-state index contributed by atoms with van der Waals surface area (Å²) in [5, 5.41) is 3.90. The molecule has 0 saturated carbocycles. The molecule has 2 rings (SSSR count). The van der Waals surface area contributed by atoms with E-state index in [0.717, 1.165) is 26.2 Å². The van der Waals surface area contributed by atoms with Crippen LogP contribution in [0.25, 0.3) is 0 Å². The first-order chi connectivity index (χ1) is 8.72. The summed E-state index contributed by atoms with van der Waals surface area (Å²) in [4.78, 5) is 13.9. The van der Waals surface area contributed by atoms with E-state index in [1.165, 1.54) is 31.5 Å². The second kappa shape index (κ2) is 6.01. The molecule has 1 aliphatic rings. The van der Waals surface area contributed by atoms with Crippen molar-refractivity contribution >= 4 is 28.3 Å². The normalized spacial score (nSPS) is 15.8. The van der Waals surface area contributed by atoms with Gasteiger partial charge in [0.25, 0.3) is 0 Å². The number of rotatable bonds is 5. The van der Waals surface area contributed by atoms with Crippen LogP contribution in [0, 0.1) is 0 Å². The van der Waals surface area contributed by atoms with Gasteiger partial charge in [-0.2, -0.15) is 4.37 Å². The Morgan fingerprint density at radius 2 is 2.28 bits per heavy atom. The van der Waals surface area contributed by atoms with Gasteiger partial charge in [-0.3, -0.25) is 0 Å². The lowest BCUT2D eigenvalue weighted by Crippen LogP contribution is -2.26. The zero-order valence-corrected chi connectivity index (χ0v) is 11.3. The van der Waals surface area contributed by atoms with Crippen LogP contribution in [-0.2, 0) is 4.74 Å². The second-order valence-corrected chi connectivity index (χ2v) is 5.01. The first-order valence-corrected chi connectivity index (χ1v) is 6.79. The fourth-order valence-corrected chi connectivity index (χ4v) is 2.78. The van der Waals surface area contributed by atoms with Gasteiger partial charge >= 0.3 is 5.97 Å². The molecule has 0 spiro atoms. The number of anilines is 2. The number of esters is 1. The van der Waals surface area contributed by atoms with E-state index < -0.39 is 5.97 Å². The molecule has 1 aromatic heterocycles. The van der Waals surface area contributed by atoms with Crippen LogP contribution in [0.2, 0.25) is 0 Å². The molecular formula is C11H18N4O2S. The van der Waals surface area contributed by atoms with Gasteiger partial charge in [-0.25, -0.2) is 4.79 Å². The quantitative estimate of drug-likeness (QED) is 0.778. The highest BCUT2D eigenvalue weighted by Gasteiger charge is 2.20. The van der Waals surface area contributed by atoms with Crippen molar-refractivity contribution in [2.75, 3.05) is 44.3 Å². The van der Waals surface area contributed by atoms with E-state index in [-0.39, 0.29) is 5.82 Å². The van der Waals surface area contributed by atoms with E-state index >= 15 is 0 Å². The molecule has 0 atom stereocenters. The van der Waals surface area contributed by atoms with Crippen molar-refractivity contribution in [3.63, 3.8) is 0 Å². The number of carbonyl (C=O) groups excluding carboxylic acids is 1. The third kappa shape index (κ3) is 2.91. The van der Waals surface area contributed by atoms with Crippen LogP contribution in [0.15, 0.2) is 0 Å². The summed E-state index contributed by atoms with van der Waals surface area (Å²) in [5.41, 5.74) is 6.01. The number of hydrogen-bond donors (Lipinski definition) is 2. The van der Waals surface area contributed by atoms with Gasteiger partial charge in [-0.1, -0.05) is 0 Å². The number of nitrogens with two attached hydrogens (primary N) is 1. The number of carbonyl (C=O) groups is 1. The molecule has 18 heavy (non-hydrogen) atoms. The van der Waals surface area contributed by atoms with E-state index in [1.54, 1.807) is 0 Å². The summed E-state index contributed by atoms with van der Waals surface area (Å²) in [6.07, 6.45) is 2.56. The molecule has 1 saturated heterocycles. The van der Waals surface area contributed by atoms with Crippen LogP contribution in [0.4, 0.5) is 10.8 Å². The summed E-state index contributed by atoms with van der Waals surface area (Å²) in [6.45, 7) is 4.08. The van der Waals surface area contributed by atoms with Crippen molar-refractivity contribution in [1.29, 1.82) is 0 Å². The predicted molar refractivity (Wildman–Crippen MR) is 72.0 cm³/mol. The maximum absolute atomic E-state index is 11.5. The average Bonchev–Trinajstić information content (AvgIpc) is 2.99. The zero-order valence-electron chi connectivity index (χ0n) is 10.4. The molecule has 7 heteroatoms. The zero-order chi connectivity index (χ0) is 13.0. The molecule has 1 aromatic rings. The molecule has 0 radical (unpaired) electrons. The van der Waals surface area contributed by atoms with Gasteiger partial charge in [0.2, 0.25) is 0 Å². The van der Waals surface area contributed by atoms with Crippen molar-refractivity contribution in [2.24, 2.45) is 0 Å². The van der Waals surface area contributed by atoms with Gasteiger partial charge in [0.15, 0.2) is 5.82 Å². The summed E-state index contributed by atoms with van der Waals surface area (Å²) < 4.78 is 8.67. The number of methoxy groups -OCH3 is 1. The number of nitrogens with one attached hydrogen (secondary N) is 1. The van der Waals surface area contributed by atoms with Crippen molar-refractivity contribution in [1.82, 2.24) is 9.27 Å². The maximum Gasteiger partial charge on any atom is 0.344 e. The molecule has 6 nitrogen and oxygen atoms in total. The minimum absolute atomic E-state index is 0.232. The average molecular weight is 270 g/mol. The van der Waals surface area contributed by atoms with E-state index in [2.05, 4.69) is 14.6 Å². The van der Waals surface area contributed by atoms with Gasteiger partial charge in [0.05, 0.1) is 7.11 Å². The van der Waals surface area contributed by atoms with Gasteiger partial charge < -0.3 is 20.7 Å². The van der Waals surface area contributed by atoms with Crippen LogP contribution in [-0.4, -0.2) is 48.5 Å². The number of aromatic nitrogens is 1. The van der Waals surface area contributed by atoms with Crippen molar-refractivity contribution in [3.8, 4) is 0 Å². The van der Waals surface area contributed by atoms with Crippen molar-refractivity contribution < 1.29 is 9.53 Å². The van der Waals surface area contributed by atoms with E-state index in [1.807, 2.05) is 0 Å². The van der Waals surface area contributed by atoms with Crippen molar-refractivity contribution in [3.05, 3.63) is 5.56 Å². The third-order valence-electron chi connectivity index (χ3n) is 3.02. The Balaban J connectivity index is 1.90. The largest absolute Gasteiger partial charge is 0.465 e. The fourth-order valence-electron chi connectivity index (χ4n) is 2.06. The van der Waals surface area contributed by atoms with E-state index in [4.69, 9.17) is 10.5 Å². The highest BCUT2D eigenvalue weighted by molar-refractivity contribution is 7.11. The summed E-state index contributed by atoms with van der Waals surface area (Å²) in [7, 11) is 1.34. The number of nitrogen functional groups attached to an aromatic ring is 1. The molecule has 0 bridgehead atoms. The Hall–Kier alpha value is -1.34. The summed E-state index contributed by atoms with van der Waals surface area (Å²) in [5.74, 6) is -0.208. The number of hydrogen-bond acceptors (Lipinski definition) is 7. The SMILES string of the molecule is COC(=O)c1c(N)nsc1NCCN1CCCC1. The Morgan fingerprint density at radius 1 is 1.56 bits per heavy atom. The Bertz CT molecular complexity index is 415. The smallest absolute Gasteiger partial charge is 0.344 e. The van der Waals surface area contributed by atoms with Crippen LogP contribution in [0.3, 0.4) is 0 Å². The summed E-state index contributed by atoms with van der Waals surface area (Å²) in [6, 6.07) is 0. The van der Waals surface area contributed by atoms with Crippen molar-refractivity contribution in [2.45, 2.75) is 12.8 Å². The maximum atomic E-state index is 11.5. The standard InChI is InChI=1S/C11H18N4O2S/c1-17-11(16)8-9(12)14-18-10(8)13-4-7-15-5-2-3-6-15/h13H,2-7H2,1H3,(H2,12,14). The molecule has 2 heterocycles. The van der Waals surface area contributed by atoms with Gasteiger partial charge in [-0.05, 0) is 37.5 Å². The van der Waals surface area contributed by atoms with Gasteiger partial charge in [0.1, 0.15) is 10.6 Å². The molecule has 100 valence electrons. The predicted octanol–water partition coefficient (Wildman–Crippen LogP) is 1.02. The number of nitrogens with zero attached hydrogens (tertiary/aromatic N) is 2.